The predicted molar refractivity (Wildman–Crippen MR) is 73.3 cm³/mol. The molecule has 0 atom stereocenters. The third-order valence-corrected chi connectivity index (χ3v) is 3.31. The van der Waals surface area contributed by atoms with Crippen molar-refractivity contribution in [2.75, 3.05) is 19.8 Å². The standard InChI is InChI=1S/C14H14ClNO4/c15-11-6-9(7-13-14(11)19-5-4-18-13)12-8-10(20-16-12)2-1-3-17/h6-8,17H,1-5H2. The third-order valence-electron chi connectivity index (χ3n) is 3.03. The molecule has 1 aliphatic heterocycles. The normalized spacial score (nSPS) is 13.5. The summed E-state index contributed by atoms with van der Waals surface area (Å²) in [6.45, 7) is 1.14. The van der Waals surface area contributed by atoms with Gasteiger partial charge in [-0.2, -0.15) is 0 Å². The van der Waals surface area contributed by atoms with Gasteiger partial charge in [0, 0.05) is 24.7 Å². The second-order valence-corrected chi connectivity index (χ2v) is 4.90. The van der Waals surface area contributed by atoms with Gasteiger partial charge in [-0.3, -0.25) is 0 Å². The van der Waals surface area contributed by atoms with Gasteiger partial charge >= 0.3 is 0 Å². The summed E-state index contributed by atoms with van der Waals surface area (Å²) in [4.78, 5) is 0. The van der Waals surface area contributed by atoms with Gasteiger partial charge in [-0.15, -0.1) is 0 Å². The number of nitrogens with zero attached hydrogens (tertiary/aromatic N) is 1. The van der Waals surface area contributed by atoms with Crippen molar-refractivity contribution in [3.05, 3.63) is 29.0 Å². The van der Waals surface area contributed by atoms with Crippen LogP contribution in [0.5, 0.6) is 11.5 Å². The summed E-state index contributed by atoms with van der Waals surface area (Å²) in [5.41, 5.74) is 1.51. The molecule has 20 heavy (non-hydrogen) atoms. The molecule has 1 aromatic heterocycles. The van der Waals surface area contributed by atoms with Crippen molar-refractivity contribution >= 4 is 11.6 Å². The van der Waals surface area contributed by atoms with Crippen molar-refractivity contribution in [2.45, 2.75) is 12.8 Å². The number of fused-ring (bicyclic) bond motifs is 1. The Labute approximate surface area is 121 Å². The molecule has 3 rings (SSSR count). The van der Waals surface area contributed by atoms with Crippen LogP contribution < -0.4 is 9.47 Å². The zero-order valence-electron chi connectivity index (χ0n) is 10.8. The Bertz CT molecular complexity index is 611. The number of ether oxygens (including phenoxy) is 2. The van der Waals surface area contributed by atoms with Gasteiger partial charge in [0.1, 0.15) is 24.7 Å². The first-order valence-electron chi connectivity index (χ1n) is 6.44. The molecular weight excluding hydrogens is 282 g/mol. The lowest BCUT2D eigenvalue weighted by molar-refractivity contribution is 0.172. The molecule has 5 nitrogen and oxygen atoms in total. The largest absolute Gasteiger partial charge is 0.486 e. The van der Waals surface area contributed by atoms with E-state index >= 15 is 0 Å². The zero-order valence-corrected chi connectivity index (χ0v) is 11.5. The van der Waals surface area contributed by atoms with Gasteiger partial charge < -0.3 is 19.1 Å². The number of benzene rings is 1. The first-order chi connectivity index (χ1) is 9.78. The van der Waals surface area contributed by atoms with Crippen LogP contribution in [-0.2, 0) is 6.42 Å². The second kappa shape index (κ2) is 5.73. The van der Waals surface area contributed by atoms with E-state index in [4.69, 9.17) is 30.7 Å². The summed E-state index contributed by atoms with van der Waals surface area (Å²) in [7, 11) is 0. The topological polar surface area (TPSA) is 64.7 Å². The number of halogens is 1. The quantitative estimate of drug-likeness (QED) is 0.939. The van der Waals surface area contributed by atoms with Crippen LogP contribution >= 0.6 is 11.6 Å². The Morgan fingerprint density at radius 2 is 2.05 bits per heavy atom. The van der Waals surface area contributed by atoms with Crippen molar-refractivity contribution in [3.8, 4) is 22.8 Å². The minimum atomic E-state index is 0.131. The van der Waals surface area contributed by atoms with Crippen LogP contribution in [0, 0.1) is 0 Å². The molecule has 106 valence electrons. The zero-order chi connectivity index (χ0) is 13.9. The Hall–Kier alpha value is -1.72. The van der Waals surface area contributed by atoms with Gasteiger partial charge in [0.2, 0.25) is 0 Å². The van der Waals surface area contributed by atoms with Crippen molar-refractivity contribution in [3.63, 3.8) is 0 Å². The van der Waals surface area contributed by atoms with E-state index in [1.54, 1.807) is 6.07 Å². The lowest BCUT2D eigenvalue weighted by Crippen LogP contribution is -2.15. The summed E-state index contributed by atoms with van der Waals surface area (Å²) < 4.78 is 16.2. The molecule has 1 N–H and O–H groups in total. The van der Waals surface area contributed by atoms with Crippen LogP contribution in [0.2, 0.25) is 5.02 Å². The highest BCUT2D eigenvalue weighted by molar-refractivity contribution is 6.32. The molecular formula is C14H14ClNO4. The first-order valence-corrected chi connectivity index (χ1v) is 6.81. The predicted octanol–water partition coefficient (Wildman–Crippen LogP) is 2.69. The van der Waals surface area contributed by atoms with Crippen LogP contribution in [0.4, 0.5) is 0 Å². The lowest BCUT2D eigenvalue weighted by atomic mass is 10.1. The fraction of sp³-hybridized carbons (Fsp3) is 0.357. The summed E-state index contributed by atoms with van der Waals surface area (Å²) in [5.74, 6) is 1.93. The number of aliphatic hydroxyl groups excluding tert-OH is 1. The number of aryl methyl sites for hydroxylation is 1. The van der Waals surface area contributed by atoms with Crippen LogP contribution in [0.25, 0.3) is 11.3 Å². The first kappa shape index (κ1) is 13.3. The smallest absolute Gasteiger partial charge is 0.179 e. The van der Waals surface area contributed by atoms with Crippen molar-refractivity contribution in [2.24, 2.45) is 0 Å². The molecule has 0 fully saturated rings. The highest BCUT2D eigenvalue weighted by Crippen LogP contribution is 2.40. The summed E-state index contributed by atoms with van der Waals surface area (Å²) in [6.07, 6.45) is 1.30. The van der Waals surface area contributed by atoms with E-state index in [1.165, 1.54) is 0 Å². The SMILES string of the molecule is OCCCc1cc(-c2cc(Cl)c3c(c2)OCCO3)no1. The van der Waals surface area contributed by atoms with Crippen molar-refractivity contribution in [1.82, 2.24) is 5.16 Å². The van der Waals surface area contributed by atoms with E-state index in [-0.39, 0.29) is 6.61 Å². The number of aliphatic hydroxyl groups is 1. The van der Waals surface area contributed by atoms with Gasteiger partial charge in [-0.25, -0.2) is 0 Å². The van der Waals surface area contributed by atoms with Crippen LogP contribution in [0.3, 0.4) is 0 Å². The van der Waals surface area contributed by atoms with Gasteiger partial charge in [-0.1, -0.05) is 16.8 Å². The summed E-state index contributed by atoms with van der Waals surface area (Å²) >= 11 is 6.19. The summed E-state index contributed by atoms with van der Waals surface area (Å²) in [6, 6.07) is 5.47. The fourth-order valence-electron chi connectivity index (χ4n) is 2.08. The van der Waals surface area contributed by atoms with Crippen LogP contribution in [-0.4, -0.2) is 30.1 Å². The maximum Gasteiger partial charge on any atom is 0.179 e. The minimum absolute atomic E-state index is 0.131. The summed E-state index contributed by atoms with van der Waals surface area (Å²) in [5, 5.41) is 13.3. The molecule has 6 heteroatoms. The molecule has 2 aromatic rings. The Morgan fingerprint density at radius 1 is 1.20 bits per heavy atom. The molecule has 0 saturated carbocycles. The van der Waals surface area contributed by atoms with Crippen molar-refractivity contribution < 1.29 is 19.1 Å². The monoisotopic (exact) mass is 295 g/mol. The molecule has 0 spiro atoms. The molecule has 0 radical (unpaired) electrons. The van der Waals surface area contributed by atoms with E-state index in [0.717, 1.165) is 11.3 Å². The van der Waals surface area contributed by atoms with Crippen LogP contribution in [0.15, 0.2) is 22.7 Å². The van der Waals surface area contributed by atoms with E-state index < -0.39 is 0 Å². The third kappa shape index (κ3) is 2.59. The Morgan fingerprint density at radius 3 is 2.90 bits per heavy atom. The fourth-order valence-corrected chi connectivity index (χ4v) is 2.34. The number of hydrogen-bond donors (Lipinski definition) is 1. The van der Waals surface area contributed by atoms with E-state index in [1.807, 2.05) is 12.1 Å². The second-order valence-electron chi connectivity index (χ2n) is 4.49. The van der Waals surface area contributed by atoms with E-state index in [2.05, 4.69) is 5.16 Å². The Kier molecular flexibility index (Phi) is 3.80. The van der Waals surface area contributed by atoms with E-state index in [0.29, 0.717) is 48.3 Å². The van der Waals surface area contributed by atoms with Gasteiger partial charge in [0.25, 0.3) is 0 Å². The molecule has 2 heterocycles. The Balaban J connectivity index is 1.90. The number of aromatic nitrogens is 1. The molecule has 0 amide bonds. The molecule has 0 bridgehead atoms. The highest BCUT2D eigenvalue weighted by atomic mass is 35.5. The molecule has 0 saturated heterocycles. The maximum atomic E-state index is 8.81. The van der Waals surface area contributed by atoms with Crippen LogP contribution in [0.1, 0.15) is 12.2 Å². The number of hydrogen-bond acceptors (Lipinski definition) is 5. The van der Waals surface area contributed by atoms with E-state index in [9.17, 15) is 0 Å². The minimum Gasteiger partial charge on any atom is -0.486 e. The lowest BCUT2D eigenvalue weighted by Gasteiger charge is -2.19. The molecule has 1 aromatic carbocycles. The molecule has 0 unspecified atom stereocenters. The van der Waals surface area contributed by atoms with Gasteiger partial charge in [-0.05, 0) is 18.6 Å². The van der Waals surface area contributed by atoms with Crippen molar-refractivity contribution in [1.29, 1.82) is 0 Å². The number of rotatable bonds is 4. The van der Waals surface area contributed by atoms with Gasteiger partial charge in [0.15, 0.2) is 11.5 Å². The highest BCUT2D eigenvalue weighted by Gasteiger charge is 2.18. The molecule has 1 aliphatic rings. The van der Waals surface area contributed by atoms with Gasteiger partial charge in [0.05, 0.1) is 5.02 Å². The average Bonchev–Trinajstić information content (AvgIpc) is 2.94. The molecule has 0 aliphatic carbocycles. The maximum absolute atomic E-state index is 8.81. The average molecular weight is 296 g/mol.